The molecule has 1 saturated carbocycles. The number of piperazine rings is 1. The van der Waals surface area contributed by atoms with E-state index in [4.69, 9.17) is 11.6 Å². The van der Waals surface area contributed by atoms with Crippen LogP contribution in [0.2, 0.25) is 5.02 Å². The second-order valence-corrected chi connectivity index (χ2v) is 8.64. The van der Waals surface area contributed by atoms with Gasteiger partial charge in [-0.2, -0.15) is 0 Å². The average molecular weight is 404 g/mol. The first kappa shape index (κ1) is 18.5. The van der Waals surface area contributed by atoms with E-state index in [1.54, 1.807) is 0 Å². The van der Waals surface area contributed by atoms with Gasteiger partial charge in [0, 0.05) is 43.7 Å². The molecule has 1 saturated heterocycles. The topological polar surface area (TPSA) is 52.7 Å². The van der Waals surface area contributed by atoms with Crippen molar-refractivity contribution in [1.82, 2.24) is 9.80 Å². The van der Waals surface area contributed by atoms with Crippen molar-refractivity contribution in [2.75, 3.05) is 31.5 Å². The van der Waals surface area contributed by atoms with Gasteiger partial charge >= 0.3 is 0 Å². The van der Waals surface area contributed by atoms with E-state index < -0.39 is 0 Å². The molecule has 1 aromatic heterocycles. The van der Waals surface area contributed by atoms with Crippen LogP contribution in [-0.4, -0.2) is 47.8 Å². The number of carbonyl (C=O) groups is 2. The van der Waals surface area contributed by atoms with Crippen molar-refractivity contribution in [1.29, 1.82) is 0 Å². The maximum Gasteiger partial charge on any atom is 0.264 e. The Bertz CT molecular complexity index is 824. The largest absolute Gasteiger partial charge is 0.335 e. The van der Waals surface area contributed by atoms with Crippen LogP contribution in [0.5, 0.6) is 0 Å². The molecule has 1 aliphatic carbocycles. The quantitative estimate of drug-likeness (QED) is 0.828. The molecule has 4 rings (SSSR count). The fraction of sp³-hybridized carbons (Fsp3) is 0.400. The maximum atomic E-state index is 12.7. The summed E-state index contributed by atoms with van der Waals surface area (Å²) in [6.07, 6.45) is 1.95. The summed E-state index contributed by atoms with van der Waals surface area (Å²) in [6.45, 7) is 4.01. The van der Waals surface area contributed by atoms with Crippen molar-refractivity contribution >= 4 is 39.8 Å². The van der Waals surface area contributed by atoms with Crippen LogP contribution in [0.1, 0.15) is 28.1 Å². The minimum absolute atomic E-state index is 0.0538. The molecule has 0 unspecified atom stereocenters. The van der Waals surface area contributed by atoms with E-state index in [0.29, 0.717) is 18.0 Å². The molecule has 2 amide bonds. The van der Waals surface area contributed by atoms with Crippen molar-refractivity contribution in [3.63, 3.8) is 0 Å². The smallest absolute Gasteiger partial charge is 0.264 e. The van der Waals surface area contributed by atoms with Gasteiger partial charge in [0.05, 0.1) is 9.88 Å². The number of halogens is 1. The lowest BCUT2D eigenvalue weighted by atomic mass is 10.2. The van der Waals surface area contributed by atoms with Gasteiger partial charge in [-0.3, -0.25) is 14.5 Å². The van der Waals surface area contributed by atoms with Crippen molar-refractivity contribution in [2.45, 2.75) is 19.4 Å². The number of hydrogen-bond donors (Lipinski definition) is 1. The summed E-state index contributed by atoms with van der Waals surface area (Å²) in [5, 5.41) is 4.42. The van der Waals surface area contributed by atoms with E-state index in [9.17, 15) is 9.59 Å². The molecule has 2 aliphatic rings. The number of thiophene rings is 1. The lowest BCUT2D eigenvalue weighted by molar-refractivity contribution is -0.117. The van der Waals surface area contributed by atoms with Crippen molar-refractivity contribution < 1.29 is 9.59 Å². The fourth-order valence-corrected chi connectivity index (χ4v) is 4.21. The molecule has 2 heterocycles. The maximum absolute atomic E-state index is 12.7. The summed E-state index contributed by atoms with van der Waals surface area (Å²) >= 11 is 7.30. The Morgan fingerprint density at radius 2 is 1.74 bits per heavy atom. The molecular formula is C20H22ClN3O2S. The van der Waals surface area contributed by atoms with E-state index in [2.05, 4.69) is 10.2 Å². The molecule has 5 nitrogen and oxygen atoms in total. The van der Waals surface area contributed by atoms with Crippen LogP contribution in [-0.2, 0) is 11.3 Å². The zero-order valence-electron chi connectivity index (χ0n) is 15.0. The van der Waals surface area contributed by atoms with Crippen molar-refractivity contribution in [2.24, 2.45) is 5.92 Å². The van der Waals surface area contributed by atoms with E-state index >= 15 is 0 Å². The summed E-state index contributed by atoms with van der Waals surface area (Å²) < 4.78 is 0. The van der Waals surface area contributed by atoms with Crippen LogP contribution >= 0.6 is 22.9 Å². The molecule has 1 aromatic carbocycles. The van der Waals surface area contributed by atoms with E-state index in [1.807, 2.05) is 41.3 Å². The van der Waals surface area contributed by atoms with Crippen molar-refractivity contribution in [3.05, 3.63) is 51.9 Å². The highest BCUT2D eigenvalue weighted by Crippen LogP contribution is 2.32. The Morgan fingerprint density at radius 1 is 1.04 bits per heavy atom. The number of carbonyl (C=O) groups excluding carboxylic acids is 2. The number of rotatable bonds is 5. The van der Waals surface area contributed by atoms with Crippen LogP contribution in [0.4, 0.5) is 5.00 Å². The predicted octanol–water partition coefficient (Wildman–Crippen LogP) is 3.71. The highest BCUT2D eigenvalue weighted by molar-refractivity contribution is 7.18. The first-order chi connectivity index (χ1) is 13.1. The SMILES string of the molecule is O=C(Nc1ccc(C(=O)N2CCN(Cc3ccc(Cl)cc3)CC2)s1)C1CC1. The van der Waals surface area contributed by atoms with Crippen LogP contribution in [0.3, 0.4) is 0 Å². The molecule has 0 atom stereocenters. The Labute approximate surface area is 167 Å². The molecule has 0 spiro atoms. The van der Waals surface area contributed by atoms with Crippen LogP contribution < -0.4 is 5.32 Å². The number of amides is 2. The third-order valence-corrected chi connectivity index (χ3v) is 6.23. The lowest BCUT2D eigenvalue weighted by Gasteiger charge is -2.34. The second-order valence-electron chi connectivity index (χ2n) is 7.12. The highest BCUT2D eigenvalue weighted by Gasteiger charge is 2.30. The third-order valence-electron chi connectivity index (χ3n) is 4.99. The molecule has 2 aromatic rings. The standard InChI is InChI=1S/C20H22ClN3O2S/c21-16-5-1-14(2-6-16)13-23-9-11-24(12-10-23)20(26)17-7-8-18(27-17)22-19(25)15-3-4-15/h1-2,5-8,15H,3-4,9-13H2,(H,22,25). The molecule has 0 bridgehead atoms. The summed E-state index contributed by atoms with van der Waals surface area (Å²) in [5.74, 6) is 0.296. The Balaban J connectivity index is 1.28. The minimum Gasteiger partial charge on any atom is -0.335 e. The molecule has 7 heteroatoms. The Hall–Kier alpha value is -1.89. The van der Waals surface area contributed by atoms with Gasteiger partial charge in [0.2, 0.25) is 5.91 Å². The summed E-state index contributed by atoms with van der Waals surface area (Å²) in [6, 6.07) is 11.6. The summed E-state index contributed by atoms with van der Waals surface area (Å²) in [4.78, 5) is 29.5. The lowest BCUT2D eigenvalue weighted by Crippen LogP contribution is -2.48. The molecule has 1 N–H and O–H groups in total. The van der Waals surface area contributed by atoms with Crippen molar-refractivity contribution in [3.8, 4) is 0 Å². The zero-order valence-corrected chi connectivity index (χ0v) is 16.6. The second kappa shape index (κ2) is 8.00. The monoisotopic (exact) mass is 403 g/mol. The van der Waals surface area contributed by atoms with Gasteiger partial charge in [-0.1, -0.05) is 23.7 Å². The van der Waals surface area contributed by atoms with E-state index in [1.165, 1.54) is 16.9 Å². The number of nitrogens with one attached hydrogen (secondary N) is 1. The van der Waals surface area contributed by atoms with Gasteiger partial charge < -0.3 is 10.2 Å². The summed E-state index contributed by atoms with van der Waals surface area (Å²) in [5.41, 5.74) is 1.23. The number of benzene rings is 1. The Kier molecular flexibility index (Phi) is 5.48. The van der Waals surface area contributed by atoms with Gasteiger partial charge in [-0.05, 0) is 42.7 Å². The molecule has 27 heavy (non-hydrogen) atoms. The van der Waals surface area contributed by atoms with E-state index in [0.717, 1.165) is 42.5 Å². The fourth-order valence-electron chi connectivity index (χ4n) is 3.20. The van der Waals surface area contributed by atoms with Gasteiger partial charge in [0.25, 0.3) is 5.91 Å². The third kappa shape index (κ3) is 4.69. The van der Waals surface area contributed by atoms with Gasteiger partial charge in [-0.25, -0.2) is 0 Å². The number of hydrogen-bond acceptors (Lipinski definition) is 4. The van der Waals surface area contributed by atoms with Gasteiger partial charge in [0.1, 0.15) is 0 Å². The Morgan fingerprint density at radius 3 is 2.41 bits per heavy atom. The van der Waals surface area contributed by atoms with E-state index in [-0.39, 0.29) is 17.7 Å². The molecule has 2 fully saturated rings. The summed E-state index contributed by atoms with van der Waals surface area (Å²) in [7, 11) is 0. The molecule has 0 radical (unpaired) electrons. The first-order valence-corrected chi connectivity index (χ1v) is 10.4. The van der Waals surface area contributed by atoms with Crippen LogP contribution in [0, 0.1) is 5.92 Å². The number of anilines is 1. The minimum atomic E-state index is 0.0538. The van der Waals surface area contributed by atoms with Crippen LogP contribution in [0.25, 0.3) is 0 Å². The molecule has 1 aliphatic heterocycles. The first-order valence-electron chi connectivity index (χ1n) is 9.25. The molecular weight excluding hydrogens is 382 g/mol. The normalized spacial score (nSPS) is 17.7. The zero-order chi connectivity index (χ0) is 18.8. The molecule has 142 valence electrons. The predicted molar refractivity (Wildman–Crippen MR) is 108 cm³/mol. The van der Waals surface area contributed by atoms with Gasteiger partial charge in [-0.15, -0.1) is 11.3 Å². The van der Waals surface area contributed by atoms with Crippen LogP contribution in [0.15, 0.2) is 36.4 Å². The van der Waals surface area contributed by atoms with Gasteiger partial charge in [0.15, 0.2) is 0 Å². The number of nitrogens with zero attached hydrogens (tertiary/aromatic N) is 2. The highest BCUT2D eigenvalue weighted by atomic mass is 35.5. The average Bonchev–Trinajstić information content (AvgIpc) is 3.43.